The van der Waals surface area contributed by atoms with Crippen molar-refractivity contribution < 1.29 is 9.90 Å². The first kappa shape index (κ1) is 16.0. The summed E-state index contributed by atoms with van der Waals surface area (Å²) in [6.45, 7) is 0.803. The van der Waals surface area contributed by atoms with Crippen molar-refractivity contribution in [3.63, 3.8) is 0 Å². The van der Waals surface area contributed by atoms with Crippen LogP contribution < -0.4 is 5.32 Å². The van der Waals surface area contributed by atoms with E-state index in [9.17, 15) is 4.79 Å². The van der Waals surface area contributed by atoms with Crippen molar-refractivity contribution in [2.75, 3.05) is 11.9 Å². The zero-order chi connectivity index (χ0) is 16.2. The molecule has 0 saturated heterocycles. The molecule has 1 atom stereocenters. The summed E-state index contributed by atoms with van der Waals surface area (Å²) in [7, 11) is 0. The highest BCUT2D eigenvalue weighted by atomic mass is 79.9. The van der Waals surface area contributed by atoms with Crippen molar-refractivity contribution in [2.45, 2.75) is 25.2 Å². The number of aromatic carboxylic acids is 1. The van der Waals surface area contributed by atoms with Gasteiger partial charge in [0.15, 0.2) is 0 Å². The van der Waals surface area contributed by atoms with Crippen LogP contribution in [0.25, 0.3) is 0 Å². The lowest BCUT2D eigenvalue weighted by atomic mass is 9.97. The van der Waals surface area contributed by atoms with Crippen LogP contribution in [-0.4, -0.2) is 22.6 Å². The van der Waals surface area contributed by atoms with Crippen molar-refractivity contribution in [3.05, 3.63) is 58.3 Å². The molecule has 3 rings (SSSR count). The summed E-state index contributed by atoms with van der Waals surface area (Å²) in [4.78, 5) is 15.4. The van der Waals surface area contributed by atoms with Gasteiger partial charge in [0.2, 0.25) is 0 Å². The predicted molar refractivity (Wildman–Crippen MR) is 93.9 cm³/mol. The Hall–Kier alpha value is -1.88. The van der Waals surface area contributed by atoms with Gasteiger partial charge in [-0.15, -0.1) is 0 Å². The molecule has 1 fully saturated rings. The number of nitrogens with zero attached hydrogens (tertiary/aromatic N) is 1. The lowest BCUT2D eigenvalue weighted by Crippen LogP contribution is -2.15. The second-order valence-electron chi connectivity index (χ2n) is 6.04. The molecular formula is C18H19BrN2O2. The van der Waals surface area contributed by atoms with E-state index in [2.05, 4.69) is 32.3 Å². The Kier molecular flexibility index (Phi) is 4.96. The molecule has 1 saturated carbocycles. The van der Waals surface area contributed by atoms with E-state index in [1.165, 1.54) is 12.8 Å². The highest BCUT2D eigenvalue weighted by Crippen LogP contribution is 2.38. The van der Waals surface area contributed by atoms with Crippen LogP contribution in [0.15, 0.2) is 47.1 Å². The normalized spacial score (nSPS) is 15.2. The van der Waals surface area contributed by atoms with Crippen LogP contribution in [-0.2, 0) is 0 Å². The van der Waals surface area contributed by atoms with Gasteiger partial charge in [0.1, 0.15) is 0 Å². The van der Waals surface area contributed by atoms with Crippen LogP contribution in [0.3, 0.4) is 0 Å². The van der Waals surface area contributed by atoms with E-state index in [-0.39, 0.29) is 0 Å². The molecule has 1 unspecified atom stereocenters. The van der Waals surface area contributed by atoms with Crippen LogP contribution >= 0.6 is 15.9 Å². The van der Waals surface area contributed by atoms with Crippen molar-refractivity contribution in [3.8, 4) is 0 Å². The van der Waals surface area contributed by atoms with E-state index < -0.39 is 5.97 Å². The van der Waals surface area contributed by atoms with E-state index in [1.54, 1.807) is 12.1 Å². The van der Waals surface area contributed by atoms with Gasteiger partial charge in [-0.3, -0.25) is 4.98 Å². The Morgan fingerprint density at radius 2 is 2.00 bits per heavy atom. The number of hydrogen-bond acceptors (Lipinski definition) is 3. The molecular weight excluding hydrogens is 356 g/mol. The largest absolute Gasteiger partial charge is 0.478 e. The number of nitrogens with one attached hydrogen (secondary N) is 1. The fourth-order valence-electron chi connectivity index (χ4n) is 2.67. The SMILES string of the molecule is O=C(O)c1ccc(NCC(CC2CC2)c2ccc(Br)cn2)cc1. The third kappa shape index (κ3) is 4.55. The number of carbonyl (C=O) groups is 1. The first-order chi connectivity index (χ1) is 11.1. The standard InChI is InChI=1S/C18H19BrN2O2/c19-15-5-8-17(21-11-15)14(9-12-1-2-12)10-20-16-6-3-13(4-7-16)18(22)23/h3-8,11-12,14,20H,1-2,9-10H2,(H,22,23). The third-order valence-electron chi connectivity index (χ3n) is 4.17. The number of carboxylic acid groups (broad SMARTS) is 1. The molecule has 0 bridgehead atoms. The first-order valence-corrected chi connectivity index (χ1v) is 8.60. The summed E-state index contributed by atoms with van der Waals surface area (Å²) >= 11 is 3.43. The zero-order valence-electron chi connectivity index (χ0n) is 12.7. The van der Waals surface area contributed by atoms with Crippen LogP contribution in [0.2, 0.25) is 0 Å². The number of aromatic nitrogens is 1. The van der Waals surface area contributed by atoms with Crippen LogP contribution in [0.1, 0.15) is 41.2 Å². The Balaban J connectivity index is 1.66. The molecule has 0 amide bonds. The van der Waals surface area contributed by atoms with E-state index in [1.807, 2.05) is 24.4 Å². The maximum absolute atomic E-state index is 10.9. The lowest BCUT2D eigenvalue weighted by Gasteiger charge is -2.18. The number of halogens is 1. The van der Waals surface area contributed by atoms with Gasteiger partial charge < -0.3 is 10.4 Å². The van der Waals surface area contributed by atoms with Crippen LogP contribution in [0, 0.1) is 5.92 Å². The molecule has 1 aromatic carbocycles. The van der Waals surface area contributed by atoms with Crippen molar-refractivity contribution >= 4 is 27.6 Å². The van der Waals surface area contributed by atoms with Gasteiger partial charge in [-0.1, -0.05) is 12.8 Å². The van der Waals surface area contributed by atoms with Crippen molar-refractivity contribution in [2.24, 2.45) is 5.92 Å². The minimum Gasteiger partial charge on any atom is -0.478 e. The highest BCUT2D eigenvalue weighted by molar-refractivity contribution is 9.10. The third-order valence-corrected chi connectivity index (χ3v) is 4.64. The summed E-state index contributed by atoms with van der Waals surface area (Å²) in [5, 5.41) is 12.4. The molecule has 1 aliphatic rings. The maximum Gasteiger partial charge on any atom is 0.335 e. The molecule has 120 valence electrons. The second kappa shape index (κ2) is 7.13. The first-order valence-electron chi connectivity index (χ1n) is 7.80. The number of anilines is 1. The van der Waals surface area contributed by atoms with Crippen LogP contribution in [0.4, 0.5) is 5.69 Å². The molecule has 4 nitrogen and oxygen atoms in total. The van der Waals surface area contributed by atoms with Crippen molar-refractivity contribution in [1.29, 1.82) is 0 Å². The lowest BCUT2D eigenvalue weighted by molar-refractivity contribution is 0.0697. The molecule has 1 heterocycles. The number of benzene rings is 1. The Morgan fingerprint density at radius 3 is 2.57 bits per heavy atom. The molecule has 2 aromatic rings. The molecule has 0 aliphatic heterocycles. The molecule has 2 N–H and O–H groups in total. The fourth-order valence-corrected chi connectivity index (χ4v) is 2.90. The van der Waals surface area contributed by atoms with Gasteiger partial charge in [0, 0.05) is 34.5 Å². The average molecular weight is 375 g/mol. The molecule has 1 aromatic heterocycles. The molecule has 5 heteroatoms. The monoisotopic (exact) mass is 374 g/mol. The summed E-state index contributed by atoms with van der Waals surface area (Å²) < 4.78 is 0.989. The number of rotatable bonds is 7. The van der Waals surface area contributed by atoms with E-state index in [0.29, 0.717) is 11.5 Å². The zero-order valence-corrected chi connectivity index (χ0v) is 14.3. The van der Waals surface area contributed by atoms with Gasteiger partial charge in [-0.25, -0.2) is 4.79 Å². The molecule has 0 spiro atoms. The fraction of sp³-hybridized carbons (Fsp3) is 0.333. The highest BCUT2D eigenvalue weighted by Gasteiger charge is 2.26. The van der Waals surface area contributed by atoms with E-state index >= 15 is 0 Å². The smallest absolute Gasteiger partial charge is 0.335 e. The van der Waals surface area contributed by atoms with E-state index in [0.717, 1.165) is 34.7 Å². The Bertz CT molecular complexity index is 666. The van der Waals surface area contributed by atoms with E-state index in [4.69, 9.17) is 5.11 Å². The molecule has 0 radical (unpaired) electrons. The van der Waals surface area contributed by atoms with Gasteiger partial charge in [0.05, 0.1) is 5.56 Å². The van der Waals surface area contributed by atoms with Gasteiger partial charge >= 0.3 is 5.97 Å². The Labute approximate surface area is 144 Å². The van der Waals surface area contributed by atoms with Gasteiger partial charge in [-0.05, 0) is 64.7 Å². The average Bonchev–Trinajstić information content (AvgIpc) is 3.37. The summed E-state index contributed by atoms with van der Waals surface area (Å²) in [5.41, 5.74) is 2.35. The summed E-state index contributed by atoms with van der Waals surface area (Å²) in [5.74, 6) is 0.290. The number of pyridine rings is 1. The maximum atomic E-state index is 10.9. The second-order valence-corrected chi connectivity index (χ2v) is 6.96. The topological polar surface area (TPSA) is 62.2 Å². The summed E-state index contributed by atoms with van der Waals surface area (Å²) in [6.07, 6.45) is 5.63. The minimum absolute atomic E-state index is 0.305. The Morgan fingerprint density at radius 1 is 1.26 bits per heavy atom. The minimum atomic E-state index is -0.901. The molecule has 1 aliphatic carbocycles. The van der Waals surface area contributed by atoms with Gasteiger partial charge in [-0.2, -0.15) is 0 Å². The van der Waals surface area contributed by atoms with Gasteiger partial charge in [0.25, 0.3) is 0 Å². The number of hydrogen-bond donors (Lipinski definition) is 2. The number of carboxylic acids is 1. The van der Waals surface area contributed by atoms with Crippen LogP contribution in [0.5, 0.6) is 0 Å². The molecule has 23 heavy (non-hydrogen) atoms. The quantitative estimate of drug-likeness (QED) is 0.746. The van der Waals surface area contributed by atoms with Crippen molar-refractivity contribution in [1.82, 2.24) is 4.98 Å². The predicted octanol–water partition coefficient (Wildman–Crippen LogP) is 4.54. The summed E-state index contributed by atoms with van der Waals surface area (Å²) in [6, 6.07) is 11.0.